The van der Waals surface area contributed by atoms with Gasteiger partial charge in [0, 0.05) is 22.3 Å². The third kappa shape index (κ3) is 4.31. The highest BCUT2D eigenvalue weighted by Crippen LogP contribution is 2.32. The first kappa shape index (κ1) is 21.4. The molecule has 0 bridgehead atoms. The molecule has 2 N–H and O–H groups in total. The number of benzene rings is 2. The summed E-state index contributed by atoms with van der Waals surface area (Å²) < 4.78 is 0. The Morgan fingerprint density at radius 2 is 1.77 bits per heavy atom. The number of imide groups is 1. The number of hydrogen-bond donors (Lipinski definition) is 2. The molecule has 0 radical (unpaired) electrons. The molecule has 160 valence electrons. The lowest BCUT2D eigenvalue weighted by atomic mass is 10.1. The fourth-order valence-corrected chi connectivity index (χ4v) is 4.23. The summed E-state index contributed by atoms with van der Waals surface area (Å²) in [5, 5.41) is 6.19. The van der Waals surface area contributed by atoms with Crippen molar-refractivity contribution in [2.75, 3.05) is 10.2 Å². The topological polar surface area (TPSA) is 78.5 Å². The maximum atomic E-state index is 13.0. The van der Waals surface area contributed by atoms with Crippen LogP contribution >= 0.6 is 23.2 Å². The van der Waals surface area contributed by atoms with Gasteiger partial charge in [0.2, 0.25) is 0 Å². The van der Waals surface area contributed by atoms with Crippen LogP contribution in [0.15, 0.2) is 53.2 Å². The number of halogens is 2. The van der Waals surface area contributed by atoms with E-state index in [1.807, 2.05) is 6.92 Å². The summed E-state index contributed by atoms with van der Waals surface area (Å²) in [6.07, 6.45) is 4.22. The van der Waals surface area contributed by atoms with Crippen molar-refractivity contribution in [3.05, 3.63) is 69.3 Å². The summed E-state index contributed by atoms with van der Waals surface area (Å²) >= 11 is 12.2. The average Bonchev–Trinajstić information content (AvgIpc) is 3.32. The molecule has 8 heteroatoms. The maximum Gasteiger partial charge on any atom is 0.283 e. The molecule has 31 heavy (non-hydrogen) atoms. The normalized spacial score (nSPS) is 16.9. The molecule has 2 aromatic rings. The van der Waals surface area contributed by atoms with E-state index in [0.29, 0.717) is 22.0 Å². The Hall–Kier alpha value is -2.83. The number of nitrogens with one attached hydrogen (secondary N) is 2. The van der Waals surface area contributed by atoms with Crippen LogP contribution in [0, 0.1) is 6.92 Å². The van der Waals surface area contributed by atoms with Crippen LogP contribution in [0.2, 0.25) is 5.02 Å². The lowest BCUT2D eigenvalue weighted by molar-refractivity contribution is -0.120. The summed E-state index contributed by atoms with van der Waals surface area (Å²) in [4.78, 5) is 39.2. The smallest absolute Gasteiger partial charge is 0.283 e. The Kier molecular flexibility index (Phi) is 6.03. The summed E-state index contributed by atoms with van der Waals surface area (Å²) in [6.45, 7) is 1.84. The SMILES string of the molecule is Cc1ccc(C(=O)NC2CCCC2)cc1NC1=C(Cl)C(=O)N(c2cccc(Cl)c2)C1=O. The fraction of sp³-hybridized carbons (Fsp3) is 0.261. The summed E-state index contributed by atoms with van der Waals surface area (Å²) in [5.74, 6) is -1.38. The number of carbonyl (C=O) groups excluding carboxylic acids is 3. The molecule has 4 rings (SSSR count). The minimum Gasteiger partial charge on any atom is -0.349 e. The first-order chi connectivity index (χ1) is 14.8. The highest BCUT2D eigenvalue weighted by molar-refractivity contribution is 6.53. The van der Waals surface area contributed by atoms with Crippen LogP contribution in [-0.2, 0) is 9.59 Å². The van der Waals surface area contributed by atoms with Crippen molar-refractivity contribution in [2.45, 2.75) is 38.6 Å². The zero-order valence-corrected chi connectivity index (χ0v) is 18.4. The van der Waals surface area contributed by atoms with Crippen molar-refractivity contribution in [1.82, 2.24) is 5.32 Å². The zero-order valence-electron chi connectivity index (χ0n) is 16.9. The molecule has 0 unspecified atom stereocenters. The van der Waals surface area contributed by atoms with Crippen molar-refractivity contribution >= 4 is 52.3 Å². The number of carbonyl (C=O) groups is 3. The first-order valence-corrected chi connectivity index (χ1v) is 10.8. The number of nitrogens with zero attached hydrogens (tertiary/aromatic N) is 1. The zero-order chi connectivity index (χ0) is 22.1. The van der Waals surface area contributed by atoms with Crippen molar-refractivity contribution < 1.29 is 14.4 Å². The minimum absolute atomic E-state index is 0.0388. The molecule has 1 aliphatic carbocycles. The molecule has 6 nitrogen and oxygen atoms in total. The number of rotatable bonds is 5. The molecular formula is C23H21Cl2N3O3. The Labute approximate surface area is 190 Å². The average molecular weight is 458 g/mol. The van der Waals surface area contributed by atoms with Crippen LogP contribution in [0.3, 0.4) is 0 Å². The van der Waals surface area contributed by atoms with Gasteiger partial charge in [0.1, 0.15) is 10.7 Å². The number of amides is 3. The van der Waals surface area contributed by atoms with E-state index < -0.39 is 11.8 Å². The van der Waals surface area contributed by atoms with Crippen LogP contribution in [-0.4, -0.2) is 23.8 Å². The van der Waals surface area contributed by atoms with Gasteiger partial charge >= 0.3 is 0 Å². The number of aryl methyl sites for hydroxylation is 1. The highest BCUT2D eigenvalue weighted by atomic mass is 35.5. The van der Waals surface area contributed by atoms with Crippen molar-refractivity contribution in [2.24, 2.45) is 0 Å². The molecule has 1 heterocycles. The van der Waals surface area contributed by atoms with Crippen LogP contribution in [0.25, 0.3) is 0 Å². The summed E-state index contributed by atoms with van der Waals surface area (Å²) in [6, 6.07) is 11.8. The van der Waals surface area contributed by atoms with Gasteiger partial charge in [-0.15, -0.1) is 0 Å². The van der Waals surface area contributed by atoms with Crippen molar-refractivity contribution in [3.8, 4) is 0 Å². The van der Waals surface area contributed by atoms with Crippen molar-refractivity contribution in [1.29, 1.82) is 0 Å². The van der Waals surface area contributed by atoms with E-state index >= 15 is 0 Å². The second kappa shape index (κ2) is 8.73. The molecule has 0 atom stereocenters. The maximum absolute atomic E-state index is 13.0. The van der Waals surface area contributed by atoms with Gasteiger partial charge in [0.05, 0.1) is 5.69 Å². The first-order valence-electron chi connectivity index (χ1n) is 10.1. The quantitative estimate of drug-likeness (QED) is 0.634. The van der Waals surface area contributed by atoms with Gasteiger partial charge in [-0.05, 0) is 55.7 Å². The van der Waals surface area contributed by atoms with E-state index in [0.717, 1.165) is 36.1 Å². The molecule has 1 aliphatic heterocycles. The van der Waals surface area contributed by atoms with Gasteiger partial charge in [-0.25, -0.2) is 4.90 Å². The molecular weight excluding hydrogens is 437 g/mol. The van der Waals surface area contributed by atoms with Gasteiger partial charge < -0.3 is 10.6 Å². The molecule has 2 aliphatic rings. The molecule has 1 saturated carbocycles. The van der Waals surface area contributed by atoms with Gasteiger partial charge in [-0.2, -0.15) is 0 Å². The third-order valence-corrected chi connectivity index (χ3v) is 6.13. The standard InChI is InChI=1S/C23H21Cl2N3O3/c1-13-9-10-14(21(29)26-16-6-2-3-7-16)11-18(13)27-20-19(25)22(30)28(23(20)31)17-8-4-5-15(24)12-17/h4-5,8-12,16,27H,2-3,6-7H2,1H3,(H,26,29). The monoisotopic (exact) mass is 457 g/mol. The van der Waals surface area contributed by atoms with Gasteiger partial charge in [-0.3, -0.25) is 14.4 Å². The fourth-order valence-electron chi connectivity index (χ4n) is 3.83. The molecule has 0 spiro atoms. The van der Waals surface area contributed by atoms with Gasteiger partial charge in [0.15, 0.2) is 0 Å². The number of anilines is 2. The van der Waals surface area contributed by atoms with E-state index in [9.17, 15) is 14.4 Å². The Morgan fingerprint density at radius 3 is 2.48 bits per heavy atom. The third-order valence-electron chi connectivity index (χ3n) is 5.54. The van der Waals surface area contributed by atoms with E-state index in [1.54, 1.807) is 36.4 Å². The largest absolute Gasteiger partial charge is 0.349 e. The highest BCUT2D eigenvalue weighted by Gasteiger charge is 2.39. The van der Waals surface area contributed by atoms with Crippen LogP contribution in [0.5, 0.6) is 0 Å². The molecule has 0 aromatic heterocycles. The van der Waals surface area contributed by atoms with E-state index in [4.69, 9.17) is 23.2 Å². The second-order valence-electron chi connectivity index (χ2n) is 7.72. The second-order valence-corrected chi connectivity index (χ2v) is 8.54. The van der Waals surface area contributed by atoms with E-state index in [2.05, 4.69) is 10.6 Å². The van der Waals surface area contributed by atoms with Crippen LogP contribution in [0.1, 0.15) is 41.6 Å². The lowest BCUT2D eigenvalue weighted by Gasteiger charge is -2.16. The van der Waals surface area contributed by atoms with Gasteiger partial charge in [0.25, 0.3) is 17.7 Å². The number of hydrogen-bond acceptors (Lipinski definition) is 4. The summed E-state index contributed by atoms with van der Waals surface area (Å²) in [5.41, 5.74) is 2.10. The Bertz CT molecular complexity index is 1110. The predicted molar refractivity (Wildman–Crippen MR) is 121 cm³/mol. The summed E-state index contributed by atoms with van der Waals surface area (Å²) in [7, 11) is 0. The van der Waals surface area contributed by atoms with Crippen LogP contribution in [0.4, 0.5) is 11.4 Å². The minimum atomic E-state index is -0.635. The molecule has 0 saturated heterocycles. The molecule has 1 fully saturated rings. The van der Waals surface area contributed by atoms with Gasteiger partial charge in [-0.1, -0.05) is 48.2 Å². The molecule has 2 aromatic carbocycles. The van der Waals surface area contributed by atoms with E-state index in [-0.39, 0.29) is 22.7 Å². The lowest BCUT2D eigenvalue weighted by Crippen LogP contribution is -2.33. The Balaban J connectivity index is 1.57. The van der Waals surface area contributed by atoms with Crippen LogP contribution < -0.4 is 15.5 Å². The van der Waals surface area contributed by atoms with Crippen molar-refractivity contribution in [3.63, 3.8) is 0 Å². The van der Waals surface area contributed by atoms with E-state index in [1.165, 1.54) is 6.07 Å². The predicted octanol–water partition coefficient (Wildman–Crippen LogP) is 4.76. The molecule has 3 amide bonds. The Morgan fingerprint density at radius 1 is 1.03 bits per heavy atom.